The second-order valence-electron chi connectivity index (χ2n) is 7.06. The number of amides is 2. The molecule has 2 aliphatic rings. The van der Waals surface area contributed by atoms with Crippen LogP contribution in [-0.2, 0) is 0 Å². The molecule has 0 unspecified atom stereocenters. The molecule has 5 rings (SSSR count). The van der Waals surface area contributed by atoms with E-state index < -0.39 is 0 Å². The van der Waals surface area contributed by atoms with E-state index in [0.717, 1.165) is 36.5 Å². The van der Waals surface area contributed by atoms with Gasteiger partial charge in [-0.05, 0) is 42.8 Å². The molecular formula is C21H19N7O. The van der Waals surface area contributed by atoms with E-state index in [0.29, 0.717) is 17.3 Å². The van der Waals surface area contributed by atoms with Gasteiger partial charge in [0, 0.05) is 37.3 Å². The van der Waals surface area contributed by atoms with Crippen molar-refractivity contribution in [1.82, 2.24) is 15.0 Å². The summed E-state index contributed by atoms with van der Waals surface area (Å²) in [5.41, 5.74) is 3.14. The third-order valence-corrected chi connectivity index (χ3v) is 5.30. The highest BCUT2D eigenvalue weighted by molar-refractivity contribution is 6.04. The molecular weight excluding hydrogens is 366 g/mol. The van der Waals surface area contributed by atoms with Gasteiger partial charge in [0.25, 0.3) is 0 Å². The van der Waals surface area contributed by atoms with Crippen molar-refractivity contribution in [2.45, 2.75) is 12.5 Å². The van der Waals surface area contributed by atoms with E-state index in [1.807, 2.05) is 30.3 Å². The summed E-state index contributed by atoms with van der Waals surface area (Å²) in [4.78, 5) is 30.4. The van der Waals surface area contributed by atoms with Crippen molar-refractivity contribution < 1.29 is 4.79 Å². The minimum atomic E-state index is -0.224. The number of carbonyl (C=O) groups is 1. The molecule has 0 saturated carbocycles. The smallest absolute Gasteiger partial charge is 0.329 e. The van der Waals surface area contributed by atoms with Crippen LogP contribution >= 0.6 is 0 Å². The van der Waals surface area contributed by atoms with Crippen LogP contribution < -0.4 is 15.1 Å². The van der Waals surface area contributed by atoms with Crippen LogP contribution in [0.2, 0.25) is 0 Å². The molecule has 2 bridgehead atoms. The summed E-state index contributed by atoms with van der Waals surface area (Å²) in [7, 11) is 0. The molecule has 1 atom stereocenters. The molecule has 0 aliphatic carbocycles. The number of nitrogens with one attached hydrogen (secondary N) is 2. The second-order valence-corrected chi connectivity index (χ2v) is 7.06. The average Bonchev–Trinajstić information content (AvgIpc) is 3.18. The van der Waals surface area contributed by atoms with Crippen LogP contribution in [0, 0.1) is 5.41 Å². The Labute approximate surface area is 167 Å². The lowest BCUT2D eigenvalue weighted by molar-refractivity contribution is 0.254. The van der Waals surface area contributed by atoms with Crippen molar-refractivity contribution in [3.8, 4) is 11.3 Å². The quantitative estimate of drug-likeness (QED) is 0.675. The van der Waals surface area contributed by atoms with Crippen molar-refractivity contribution >= 4 is 29.6 Å². The van der Waals surface area contributed by atoms with E-state index in [4.69, 9.17) is 10.4 Å². The molecule has 1 fully saturated rings. The first-order valence-electron chi connectivity index (χ1n) is 9.47. The molecule has 0 aromatic carbocycles. The zero-order valence-electron chi connectivity index (χ0n) is 15.6. The highest BCUT2D eigenvalue weighted by Crippen LogP contribution is 2.40. The summed E-state index contributed by atoms with van der Waals surface area (Å²) in [6, 6.07) is 12.9. The van der Waals surface area contributed by atoms with Crippen LogP contribution in [0.1, 0.15) is 12.1 Å². The molecule has 5 heterocycles. The number of pyridine rings is 3. The van der Waals surface area contributed by atoms with Crippen molar-refractivity contribution in [3.05, 3.63) is 60.6 Å². The fourth-order valence-electron chi connectivity index (χ4n) is 3.88. The average molecular weight is 385 g/mol. The number of carbonyl (C=O) groups excluding carboxylic acids is 1. The number of anilines is 3. The predicted molar refractivity (Wildman–Crippen MR) is 112 cm³/mol. The van der Waals surface area contributed by atoms with Gasteiger partial charge in [0.15, 0.2) is 5.82 Å². The Bertz CT molecular complexity index is 1070. The first kappa shape index (κ1) is 17.3. The lowest BCUT2D eigenvalue weighted by Gasteiger charge is -2.35. The Kier molecular flexibility index (Phi) is 4.16. The number of urea groups is 1. The van der Waals surface area contributed by atoms with Crippen LogP contribution in [0.5, 0.6) is 0 Å². The Morgan fingerprint density at radius 1 is 1.17 bits per heavy atom. The van der Waals surface area contributed by atoms with Gasteiger partial charge in [0.05, 0.1) is 23.1 Å². The number of nitrogens with zero attached hydrogens (tertiary/aromatic N) is 5. The van der Waals surface area contributed by atoms with Gasteiger partial charge >= 0.3 is 6.03 Å². The first-order chi connectivity index (χ1) is 14.2. The summed E-state index contributed by atoms with van der Waals surface area (Å²) in [6.07, 6.45) is 5.46. The van der Waals surface area contributed by atoms with Gasteiger partial charge in [-0.1, -0.05) is 6.07 Å². The minimum absolute atomic E-state index is 0.0763. The molecule has 8 heteroatoms. The third kappa shape index (κ3) is 3.08. The van der Waals surface area contributed by atoms with E-state index >= 15 is 0 Å². The Balaban J connectivity index is 1.52. The molecule has 3 aromatic rings. The highest BCUT2D eigenvalue weighted by Gasteiger charge is 2.40. The molecule has 2 aliphatic heterocycles. The van der Waals surface area contributed by atoms with Crippen LogP contribution in [-0.4, -0.2) is 46.3 Å². The SMILES string of the molecule is N=Cc1ccc(-c2ccc3c(n2)N(C(=O)Nc2ccccn2)[C@H]2CCN3C2)cn1. The minimum Gasteiger partial charge on any atom is -0.366 e. The topological polar surface area (TPSA) is 98.1 Å². The maximum absolute atomic E-state index is 13.1. The number of hydrogen-bond acceptors (Lipinski definition) is 6. The second kappa shape index (κ2) is 6.97. The molecule has 3 aromatic heterocycles. The van der Waals surface area contributed by atoms with Gasteiger partial charge in [-0.3, -0.25) is 15.2 Å². The monoisotopic (exact) mass is 385 g/mol. The highest BCUT2D eigenvalue weighted by atomic mass is 16.2. The van der Waals surface area contributed by atoms with Gasteiger partial charge in [0.1, 0.15) is 5.82 Å². The van der Waals surface area contributed by atoms with Gasteiger partial charge < -0.3 is 10.3 Å². The summed E-state index contributed by atoms with van der Waals surface area (Å²) in [5, 5.41) is 10.2. The van der Waals surface area contributed by atoms with Crippen molar-refractivity contribution in [2.75, 3.05) is 28.2 Å². The number of aromatic nitrogens is 3. The van der Waals surface area contributed by atoms with E-state index in [2.05, 4.69) is 20.2 Å². The van der Waals surface area contributed by atoms with Gasteiger partial charge in [-0.15, -0.1) is 0 Å². The molecule has 1 saturated heterocycles. The number of hydrogen-bond donors (Lipinski definition) is 2. The molecule has 29 heavy (non-hydrogen) atoms. The fraction of sp³-hybridized carbons (Fsp3) is 0.190. The molecule has 144 valence electrons. The first-order valence-corrected chi connectivity index (χ1v) is 9.47. The third-order valence-electron chi connectivity index (χ3n) is 5.30. The van der Waals surface area contributed by atoms with Crippen molar-refractivity contribution in [3.63, 3.8) is 0 Å². The van der Waals surface area contributed by atoms with Crippen LogP contribution in [0.4, 0.5) is 22.1 Å². The maximum Gasteiger partial charge on any atom is 0.329 e. The van der Waals surface area contributed by atoms with Crippen molar-refractivity contribution in [2.24, 2.45) is 0 Å². The van der Waals surface area contributed by atoms with E-state index in [1.54, 1.807) is 29.4 Å². The van der Waals surface area contributed by atoms with E-state index in [1.165, 1.54) is 6.21 Å². The summed E-state index contributed by atoms with van der Waals surface area (Å²) >= 11 is 0. The lowest BCUT2D eigenvalue weighted by atomic mass is 10.1. The molecule has 0 spiro atoms. The summed E-state index contributed by atoms with van der Waals surface area (Å²) < 4.78 is 0. The molecule has 8 nitrogen and oxygen atoms in total. The predicted octanol–water partition coefficient (Wildman–Crippen LogP) is 3.17. The van der Waals surface area contributed by atoms with Gasteiger partial charge in [-0.2, -0.15) is 0 Å². The number of rotatable bonds is 3. The zero-order valence-corrected chi connectivity index (χ0v) is 15.6. The summed E-state index contributed by atoms with van der Waals surface area (Å²) in [5.74, 6) is 1.17. The van der Waals surface area contributed by atoms with Crippen molar-refractivity contribution in [1.29, 1.82) is 5.41 Å². The Hall–Kier alpha value is -3.81. The lowest BCUT2D eigenvalue weighted by Crippen LogP contribution is -2.48. The van der Waals surface area contributed by atoms with Crippen LogP contribution in [0.15, 0.2) is 54.9 Å². The molecule has 2 N–H and O–H groups in total. The van der Waals surface area contributed by atoms with E-state index in [9.17, 15) is 4.79 Å². The van der Waals surface area contributed by atoms with Gasteiger partial charge in [-0.25, -0.2) is 14.8 Å². The Morgan fingerprint density at radius 2 is 2.10 bits per heavy atom. The Morgan fingerprint density at radius 3 is 2.86 bits per heavy atom. The maximum atomic E-state index is 13.1. The van der Waals surface area contributed by atoms with Crippen LogP contribution in [0.3, 0.4) is 0 Å². The normalized spacial score (nSPS) is 17.0. The summed E-state index contributed by atoms with van der Waals surface area (Å²) in [6.45, 7) is 1.71. The number of fused-ring (bicyclic) bond motifs is 4. The van der Waals surface area contributed by atoms with E-state index in [-0.39, 0.29) is 12.1 Å². The van der Waals surface area contributed by atoms with Crippen LogP contribution in [0.25, 0.3) is 11.3 Å². The molecule has 2 amide bonds. The van der Waals surface area contributed by atoms with Gasteiger partial charge in [0.2, 0.25) is 0 Å². The molecule has 0 radical (unpaired) electrons. The fourth-order valence-corrected chi connectivity index (χ4v) is 3.88. The zero-order chi connectivity index (χ0) is 19.8. The standard InChI is InChI=1S/C21H19N7O/c22-11-15-5-4-14(12-24-15)17-6-7-18-20(25-17)28(16-8-10-27(18)13-16)21(29)26-19-3-1-2-9-23-19/h1-7,9,11-12,16,22H,8,10,13H2,(H,23,26,29)/t16-/m0/s1. The largest absolute Gasteiger partial charge is 0.366 e.